The van der Waals surface area contributed by atoms with Gasteiger partial charge in [0.1, 0.15) is 0 Å². The molecule has 0 saturated carbocycles. The number of nitrogens with zero attached hydrogens (tertiary/aromatic N) is 2. The van der Waals surface area contributed by atoms with Gasteiger partial charge in [0.2, 0.25) is 17.7 Å². The molecular weight excluding hydrogens is 284 g/mol. The molecule has 1 unspecified atom stereocenters. The highest BCUT2D eigenvalue weighted by atomic mass is 16.2. The molecule has 0 bridgehead atoms. The van der Waals surface area contributed by atoms with Crippen molar-refractivity contribution in [2.45, 2.75) is 32.1 Å². The van der Waals surface area contributed by atoms with E-state index in [9.17, 15) is 14.4 Å². The van der Waals surface area contributed by atoms with Crippen LogP contribution in [-0.2, 0) is 14.4 Å². The number of piperidine rings is 2. The van der Waals surface area contributed by atoms with Gasteiger partial charge in [-0.1, -0.05) is 0 Å². The summed E-state index contributed by atoms with van der Waals surface area (Å²) in [6, 6.07) is 0. The van der Waals surface area contributed by atoms with Gasteiger partial charge in [-0.05, 0) is 25.7 Å². The molecule has 0 aliphatic carbocycles. The Bertz CT molecular complexity index is 427. The highest BCUT2D eigenvalue weighted by molar-refractivity contribution is 5.86. The summed E-state index contributed by atoms with van der Waals surface area (Å²) in [7, 11) is 0. The topological polar surface area (TPSA) is 95.7 Å². The largest absolute Gasteiger partial charge is 0.355 e. The fraction of sp³-hybridized carbons (Fsp3) is 0.800. The Labute approximate surface area is 131 Å². The number of nitrogens with two attached hydrogens (primary N) is 1. The fourth-order valence-corrected chi connectivity index (χ4v) is 3.05. The van der Waals surface area contributed by atoms with Crippen molar-refractivity contribution in [2.24, 2.45) is 11.7 Å². The van der Waals surface area contributed by atoms with Crippen molar-refractivity contribution in [2.75, 3.05) is 39.3 Å². The molecule has 3 amide bonds. The Hall–Kier alpha value is -1.63. The molecule has 7 nitrogen and oxygen atoms in total. The second-order valence-electron chi connectivity index (χ2n) is 6.03. The number of likely N-dealkylation sites (tertiary alicyclic amines) is 2. The third kappa shape index (κ3) is 4.43. The lowest BCUT2D eigenvalue weighted by molar-refractivity contribution is -0.143. The lowest BCUT2D eigenvalue weighted by Gasteiger charge is -2.34. The predicted molar refractivity (Wildman–Crippen MR) is 81.8 cm³/mol. The molecular formula is C15H26N4O3. The Morgan fingerprint density at radius 3 is 2.77 bits per heavy atom. The molecule has 0 spiro atoms. The second kappa shape index (κ2) is 8.12. The van der Waals surface area contributed by atoms with E-state index in [0.29, 0.717) is 39.1 Å². The van der Waals surface area contributed by atoms with Crippen molar-refractivity contribution in [1.29, 1.82) is 0 Å². The summed E-state index contributed by atoms with van der Waals surface area (Å²) >= 11 is 0. The van der Waals surface area contributed by atoms with Gasteiger partial charge in [0.25, 0.3) is 0 Å². The van der Waals surface area contributed by atoms with Gasteiger partial charge in [0.05, 0.1) is 12.5 Å². The van der Waals surface area contributed by atoms with Crippen LogP contribution < -0.4 is 11.1 Å². The number of nitrogens with one attached hydrogen (secondary N) is 1. The molecule has 2 aliphatic heterocycles. The Kier molecular flexibility index (Phi) is 6.18. The molecule has 2 rings (SSSR count). The average Bonchev–Trinajstić information content (AvgIpc) is 2.54. The number of amides is 3. The van der Waals surface area contributed by atoms with Crippen LogP contribution in [0.2, 0.25) is 0 Å². The van der Waals surface area contributed by atoms with Crippen LogP contribution in [-0.4, -0.2) is 66.8 Å². The molecule has 2 aliphatic rings. The van der Waals surface area contributed by atoms with Crippen molar-refractivity contribution in [1.82, 2.24) is 15.1 Å². The smallest absolute Gasteiger partial charge is 0.242 e. The van der Waals surface area contributed by atoms with E-state index in [1.54, 1.807) is 9.80 Å². The zero-order valence-electron chi connectivity index (χ0n) is 13.1. The van der Waals surface area contributed by atoms with Crippen LogP contribution in [0.3, 0.4) is 0 Å². The SMILES string of the molecule is NCCNC(=O)C1CCCN(C(=O)CN2CCCCC2=O)C1. The predicted octanol–water partition coefficient (Wildman–Crippen LogP) is -0.688. The van der Waals surface area contributed by atoms with Crippen LogP contribution in [0.1, 0.15) is 32.1 Å². The minimum absolute atomic E-state index is 0.0306. The lowest BCUT2D eigenvalue weighted by atomic mass is 9.97. The second-order valence-corrected chi connectivity index (χ2v) is 6.03. The van der Waals surface area contributed by atoms with E-state index >= 15 is 0 Å². The molecule has 0 aromatic carbocycles. The Balaban J connectivity index is 1.84. The van der Waals surface area contributed by atoms with E-state index < -0.39 is 0 Å². The summed E-state index contributed by atoms with van der Waals surface area (Å²) in [6.07, 6.45) is 4.03. The standard InChI is InChI=1S/C15H26N4O3/c16-6-7-17-15(22)12-4-3-9-18(10-12)14(21)11-19-8-2-1-5-13(19)20/h12H,1-11,16H2,(H,17,22). The fourth-order valence-electron chi connectivity index (χ4n) is 3.05. The summed E-state index contributed by atoms with van der Waals surface area (Å²) in [5, 5.41) is 2.78. The minimum Gasteiger partial charge on any atom is -0.355 e. The number of hydrogen-bond acceptors (Lipinski definition) is 4. The van der Waals surface area contributed by atoms with Gasteiger partial charge < -0.3 is 20.9 Å². The first-order valence-electron chi connectivity index (χ1n) is 8.15. The van der Waals surface area contributed by atoms with Crippen LogP contribution in [0, 0.1) is 5.92 Å². The maximum absolute atomic E-state index is 12.4. The number of carbonyl (C=O) groups excluding carboxylic acids is 3. The zero-order chi connectivity index (χ0) is 15.9. The van der Waals surface area contributed by atoms with Gasteiger partial charge in [-0.15, -0.1) is 0 Å². The number of rotatable bonds is 5. The molecule has 2 saturated heterocycles. The summed E-state index contributed by atoms with van der Waals surface area (Å²) in [4.78, 5) is 39.5. The summed E-state index contributed by atoms with van der Waals surface area (Å²) in [5.41, 5.74) is 5.38. The molecule has 2 heterocycles. The Morgan fingerprint density at radius 2 is 2.05 bits per heavy atom. The van der Waals surface area contributed by atoms with Gasteiger partial charge in [-0.3, -0.25) is 14.4 Å². The van der Waals surface area contributed by atoms with E-state index in [1.165, 1.54) is 0 Å². The summed E-state index contributed by atoms with van der Waals surface area (Å²) < 4.78 is 0. The molecule has 22 heavy (non-hydrogen) atoms. The van der Waals surface area contributed by atoms with E-state index in [1.807, 2.05) is 0 Å². The first kappa shape index (κ1) is 16.7. The van der Waals surface area contributed by atoms with E-state index in [0.717, 1.165) is 25.7 Å². The lowest BCUT2D eigenvalue weighted by Crippen LogP contribution is -2.50. The van der Waals surface area contributed by atoms with Gasteiger partial charge in [-0.25, -0.2) is 0 Å². The molecule has 0 aromatic rings. The van der Waals surface area contributed by atoms with Crippen molar-refractivity contribution in [3.63, 3.8) is 0 Å². The van der Waals surface area contributed by atoms with Gasteiger partial charge in [0, 0.05) is 39.1 Å². The zero-order valence-corrected chi connectivity index (χ0v) is 13.1. The van der Waals surface area contributed by atoms with Gasteiger partial charge in [-0.2, -0.15) is 0 Å². The molecule has 2 fully saturated rings. The van der Waals surface area contributed by atoms with Crippen LogP contribution in [0.5, 0.6) is 0 Å². The summed E-state index contributed by atoms with van der Waals surface area (Å²) in [6.45, 7) is 2.80. The molecule has 1 atom stereocenters. The monoisotopic (exact) mass is 310 g/mol. The van der Waals surface area contributed by atoms with E-state index in [-0.39, 0.29) is 30.2 Å². The van der Waals surface area contributed by atoms with E-state index in [4.69, 9.17) is 5.73 Å². The minimum atomic E-state index is -0.165. The first-order valence-corrected chi connectivity index (χ1v) is 8.15. The van der Waals surface area contributed by atoms with Crippen LogP contribution in [0.4, 0.5) is 0 Å². The van der Waals surface area contributed by atoms with Crippen molar-refractivity contribution in [3.8, 4) is 0 Å². The van der Waals surface area contributed by atoms with E-state index in [2.05, 4.69) is 5.32 Å². The third-order valence-electron chi connectivity index (χ3n) is 4.34. The van der Waals surface area contributed by atoms with Crippen LogP contribution in [0.15, 0.2) is 0 Å². The average molecular weight is 310 g/mol. The van der Waals surface area contributed by atoms with Crippen LogP contribution in [0.25, 0.3) is 0 Å². The highest BCUT2D eigenvalue weighted by Crippen LogP contribution is 2.18. The maximum Gasteiger partial charge on any atom is 0.242 e. The first-order chi connectivity index (χ1) is 10.6. The number of carbonyl (C=O) groups is 3. The summed E-state index contributed by atoms with van der Waals surface area (Å²) in [5.74, 6) is -0.182. The van der Waals surface area contributed by atoms with Crippen molar-refractivity contribution < 1.29 is 14.4 Å². The quantitative estimate of drug-likeness (QED) is 0.703. The highest BCUT2D eigenvalue weighted by Gasteiger charge is 2.30. The van der Waals surface area contributed by atoms with Crippen molar-refractivity contribution in [3.05, 3.63) is 0 Å². The van der Waals surface area contributed by atoms with Gasteiger partial charge >= 0.3 is 0 Å². The van der Waals surface area contributed by atoms with Crippen LogP contribution >= 0.6 is 0 Å². The van der Waals surface area contributed by atoms with Crippen molar-refractivity contribution >= 4 is 17.7 Å². The molecule has 3 N–H and O–H groups in total. The molecule has 7 heteroatoms. The van der Waals surface area contributed by atoms with Gasteiger partial charge in [0.15, 0.2) is 0 Å². The normalized spacial score (nSPS) is 22.6. The third-order valence-corrected chi connectivity index (χ3v) is 4.34. The molecule has 0 aromatic heterocycles. The Morgan fingerprint density at radius 1 is 1.23 bits per heavy atom. The molecule has 124 valence electrons. The maximum atomic E-state index is 12.4. The number of hydrogen-bond donors (Lipinski definition) is 2. The molecule has 0 radical (unpaired) electrons.